The number of nitrogens with zero attached hydrogens (tertiary/aromatic N) is 1. The first-order valence-electron chi connectivity index (χ1n) is 7.85. The Morgan fingerprint density at radius 3 is 2.82 bits per heavy atom. The molecule has 1 aromatic carbocycles. The topological polar surface area (TPSA) is 88.8 Å². The molecule has 0 aromatic heterocycles. The van der Waals surface area contributed by atoms with Gasteiger partial charge in [0.05, 0.1) is 11.0 Å². The summed E-state index contributed by atoms with van der Waals surface area (Å²) in [5, 5.41) is 15.8. The number of benzene rings is 1. The van der Waals surface area contributed by atoms with Crippen LogP contribution in [-0.2, 0) is 4.79 Å². The van der Waals surface area contributed by atoms with Gasteiger partial charge < -0.3 is 10.6 Å². The minimum atomic E-state index is -0.430. The van der Waals surface area contributed by atoms with E-state index in [9.17, 15) is 14.9 Å². The zero-order valence-electron chi connectivity index (χ0n) is 13.2. The summed E-state index contributed by atoms with van der Waals surface area (Å²) in [7, 11) is 0. The summed E-state index contributed by atoms with van der Waals surface area (Å²) >= 11 is 0. The van der Waals surface area contributed by atoms with Crippen LogP contribution in [0.4, 0.5) is 11.4 Å². The van der Waals surface area contributed by atoms with Crippen molar-refractivity contribution < 1.29 is 15.0 Å². The number of nitro benzene ring substituents is 1. The van der Waals surface area contributed by atoms with Gasteiger partial charge in [-0.05, 0) is 32.3 Å². The first-order chi connectivity index (χ1) is 10.5. The highest BCUT2D eigenvalue weighted by molar-refractivity contribution is 5.91. The Morgan fingerprint density at radius 1 is 1.41 bits per heavy atom. The first-order valence-corrected chi connectivity index (χ1v) is 7.85. The van der Waals surface area contributed by atoms with E-state index < -0.39 is 4.92 Å². The molecule has 2 atom stereocenters. The number of aryl methyl sites for hydroxylation is 1. The van der Waals surface area contributed by atoms with Crippen molar-refractivity contribution in [2.24, 2.45) is 5.92 Å². The predicted molar refractivity (Wildman–Crippen MR) is 84.7 cm³/mol. The number of nitro groups is 1. The fourth-order valence-electron chi connectivity index (χ4n) is 3.05. The largest absolute Gasteiger partial charge is 0.336 e. The van der Waals surface area contributed by atoms with Crippen molar-refractivity contribution >= 4 is 17.3 Å². The van der Waals surface area contributed by atoms with Crippen LogP contribution >= 0.6 is 0 Å². The van der Waals surface area contributed by atoms with Crippen molar-refractivity contribution in [2.75, 3.05) is 11.9 Å². The number of amides is 1. The Balaban J connectivity index is 1.89. The van der Waals surface area contributed by atoms with E-state index in [1.54, 1.807) is 19.1 Å². The number of nitrogens with one attached hydrogen (secondary N) is 1. The molecule has 6 nitrogen and oxygen atoms in total. The minimum absolute atomic E-state index is 0.0303. The zero-order chi connectivity index (χ0) is 16.1. The van der Waals surface area contributed by atoms with E-state index >= 15 is 0 Å². The molecule has 0 spiro atoms. The Labute approximate surface area is 130 Å². The Morgan fingerprint density at radius 2 is 2.14 bits per heavy atom. The lowest BCUT2D eigenvalue weighted by Gasteiger charge is -2.26. The highest BCUT2D eigenvalue weighted by Gasteiger charge is 2.24. The average Bonchev–Trinajstić information content (AvgIpc) is 2.48. The maximum atomic E-state index is 12.0. The Bertz CT molecular complexity index is 560. The van der Waals surface area contributed by atoms with Gasteiger partial charge >= 0.3 is 0 Å². The standard InChI is InChI=1S/C16H23N3O3/c1-11-5-3-4-6-14(11)17-10-16(20)18-13-8-7-12(2)15(9-13)19(21)22/h7-9,11,14,17H,3-6,10H2,1-2H3,(H,18,20)/p+1/t11-,14-/m1/s1. The molecule has 6 heteroatoms. The third-order valence-electron chi connectivity index (χ3n) is 4.47. The fraction of sp³-hybridized carbons (Fsp3) is 0.562. The summed E-state index contributed by atoms with van der Waals surface area (Å²) in [5.41, 5.74) is 1.10. The molecule has 0 bridgehead atoms. The lowest BCUT2D eigenvalue weighted by atomic mass is 9.86. The molecule has 0 aliphatic heterocycles. The molecule has 120 valence electrons. The number of quaternary nitrogens is 1. The van der Waals surface area contributed by atoms with Crippen LogP contribution in [0.15, 0.2) is 18.2 Å². The van der Waals surface area contributed by atoms with Crippen LogP contribution in [0.1, 0.15) is 38.2 Å². The molecule has 0 radical (unpaired) electrons. The maximum absolute atomic E-state index is 12.0. The van der Waals surface area contributed by atoms with Crippen molar-refractivity contribution in [1.82, 2.24) is 0 Å². The van der Waals surface area contributed by atoms with E-state index in [2.05, 4.69) is 17.6 Å². The fourth-order valence-corrected chi connectivity index (χ4v) is 3.05. The minimum Gasteiger partial charge on any atom is -0.336 e. The van der Waals surface area contributed by atoms with Crippen LogP contribution in [0, 0.1) is 23.0 Å². The van der Waals surface area contributed by atoms with Gasteiger partial charge in [0, 0.05) is 23.2 Å². The van der Waals surface area contributed by atoms with E-state index in [1.807, 2.05) is 0 Å². The second kappa shape index (κ2) is 7.35. The van der Waals surface area contributed by atoms with Gasteiger partial charge in [0.2, 0.25) is 0 Å². The monoisotopic (exact) mass is 306 g/mol. The molecule has 0 saturated heterocycles. The van der Waals surface area contributed by atoms with Crippen LogP contribution in [0.2, 0.25) is 0 Å². The van der Waals surface area contributed by atoms with Crippen LogP contribution in [0.5, 0.6) is 0 Å². The second-order valence-corrected chi connectivity index (χ2v) is 6.17. The molecular weight excluding hydrogens is 282 g/mol. The van der Waals surface area contributed by atoms with Crippen molar-refractivity contribution in [3.8, 4) is 0 Å². The first kappa shape index (κ1) is 16.4. The van der Waals surface area contributed by atoms with Crippen molar-refractivity contribution in [3.05, 3.63) is 33.9 Å². The molecule has 1 amide bonds. The van der Waals surface area contributed by atoms with Crippen molar-refractivity contribution in [1.29, 1.82) is 0 Å². The molecule has 1 saturated carbocycles. The van der Waals surface area contributed by atoms with Crippen LogP contribution in [0.3, 0.4) is 0 Å². The normalized spacial score (nSPS) is 21.4. The smallest absolute Gasteiger partial charge is 0.279 e. The lowest BCUT2D eigenvalue weighted by molar-refractivity contribution is -0.687. The summed E-state index contributed by atoms with van der Waals surface area (Å²) in [6.07, 6.45) is 4.90. The van der Waals surface area contributed by atoms with Crippen LogP contribution < -0.4 is 10.6 Å². The highest BCUT2D eigenvalue weighted by Crippen LogP contribution is 2.22. The molecular formula is C16H24N3O3+. The van der Waals surface area contributed by atoms with Gasteiger partial charge in [-0.2, -0.15) is 0 Å². The molecule has 3 N–H and O–H groups in total. The highest BCUT2D eigenvalue weighted by atomic mass is 16.6. The third-order valence-corrected chi connectivity index (χ3v) is 4.47. The molecule has 22 heavy (non-hydrogen) atoms. The van der Waals surface area contributed by atoms with E-state index in [1.165, 1.54) is 25.3 Å². The molecule has 2 rings (SSSR count). The lowest BCUT2D eigenvalue weighted by Crippen LogP contribution is -2.93. The third kappa shape index (κ3) is 4.27. The van der Waals surface area contributed by atoms with Gasteiger partial charge in [-0.15, -0.1) is 0 Å². The van der Waals surface area contributed by atoms with Crippen molar-refractivity contribution in [3.63, 3.8) is 0 Å². The van der Waals surface area contributed by atoms with E-state index in [0.29, 0.717) is 29.8 Å². The van der Waals surface area contributed by atoms with E-state index in [0.717, 1.165) is 6.42 Å². The molecule has 0 unspecified atom stereocenters. The summed E-state index contributed by atoms with van der Waals surface area (Å²) in [5.74, 6) is 0.526. The summed E-state index contributed by atoms with van der Waals surface area (Å²) in [4.78, 5) is 22.5. The number of nitrogens with two attached hydrogens (primary N) is 1. The molecule has 1 aliphatic carbocycles. The molecule has 1 aliphatic rings. The van der Waals surface area contributed by atoms with Gasteiger partial charge in [-0.3, -0.25) is 14.9 Å². The number of carbonyl (C=O) groups excluding carboxylic acids is 1. The molecule has 1 fully saturated rings. The van der Waals surface area contributed by atoms with Crippen molar-refractivity contribution in [2.45, 2.75) is 45.6 Å². The number of carbonyl (C=O) groups is 1. The van der Waals surface area contributed by atoms with Gasteiger partial charge in [-0.1, -0.05) is 19.4 Å². The summed E-state index contributed by atoms with van der Waals surface area (Å²) in [6.45, 7) is 4.28. The summed E-state index contributed by atoms with van der Waals surface area (Å²) < 4.78 is 0. The van der Waals surface area contributed by atoms with Gasteiger partial charge in [0.15, 0.2) is 6.54 Å². The number of rotatable bonds is 5. The molecule has 0 heterocycles. The number of hydrogen-bond donors (Lipinski definition) is 2. The van der Waals surface area contributed by atoms with Crippen LogP contribution in [-0.4, -0.2) is 23.4 Å². The zero-order valence-corrected chi connectivity index (χ0v) is 13.2. The van der Waals surface area contributed by atoms with Gasteiger partial charge in [0.1, 0.15) is 0 Å². The quantitative estimate of drug-likeness (QED) is 0.644. The van der Waals surface area contributed by atoms with E-state index in [4.69, 9.17) is 0 Å². The van der Waals surface area contributed by atoms with Crippen LogP contribution in [0.25, 0.3) is 0 Å². The number of hydrogen-bond acceptors (Lipinski definition) is 3. The number of anilines is 1. The van der Waals surface area contributed by atoms with Gasteiger partial charge in [0.25, 0.3) is 11.6 Å². The Kier molecular flexibility index (Phi) is 5.49. The maximum Gasteiger partial charge on any atom is 0.279 e. The molecule has 1 aromatic rings. The Hall–Kier alpha value is -1.95. The SMILES string of the molecule is Cc1ccc(NC(=O)C[NH2+][C@@H]2CCCC[C@H]2C)cc1[N+](=O)[O-]. The van der Waals surface area contributed by atoms with E-state index in [-0.39, 0.29) is 11.6 Å². The van der Waals surface area contributed by atoms with Gasteiger partial charge in [-0.25, -0.2) is 0 Å². The average molecular weight is 306 g/mol. The second-order valence-electron chi connectivity index (χ2n) is 6.17. The summed E-state index contributed by atoms with van der Waals surface area (Å²) in [6, 6.07) is 5.27. The predicted octanol–water partition coefficient (Wildman–Crippen LogP) is 1.98.